The van der Waals surface area contributed by atoms with Gasteiger partial charge in [0.25, 0.3) is 0 Å². The van der Waals surface area contributed by atoms with Crippen molar-refractivity contribution >= 4 is 21.4 Å². The first-order valence-corrected chi connectivity index (χ1v) is 8.43. The summed E-state index contributed by atoms with van der Waals surface area (Å²) < 4.78 is 26.2. The molecule has 0 heterocycles. The highest BCUT2D eigenvalue weighted by atomic mass is 32.2. The molecular formula is C16H20N2O2S. The highest BCUT2D eigenvalue weighted by molar-refractivity contribution is 7.92. The van der Waals surface area contributed by atoms with Gasteiger partial charge < -0.3 is 5.73 Å². The summed E-state index contributed by atoms with van der Waals surface area (Å²) >= 11 is 0. The summed E-state index contributed by atoms with van der Waals surface area (Å²) in [6.07, 6.45) is 0.933. The lowest BCUT2D eigenvalue weighted by Crippen LogP contribution is -2.27. The second-order valence-electron chi connectivity index (χ2n) is 4.99. The van der Waals surface area contributed by atoms with Crippen molar-refractivity contribution in [3.05, 3.63) is 59.7 Å². The van der Waals surface area contributed by atoms with E-state index in [-0.39, 0.29) is 5.75 Å². The number of hydrogen-bond acceptors (Lipinski definition) is 3. The maximum Gasteiger partial charge on any atom is 0.239 e. The first kappa shape index (κ1) is 15.4. The van der Waals surface area contributed by atoms with Crippen LogP contribution >= 0.6 is 0 Å². The van der Waals surface area contributed by atoms with Crippen LogP contribution in [0, 0.1) is 0 Å². The fourth-order valence-corrected chi connectivity index (χ4v) is 3.27. The zero-order valence-corrected chi connectivity index (χ0v) is 13.1. The summed E-state index contributed by atoms with van der Waals surface area (Å²) in [6, 6.07) is 14.5. The molecule has 0 aromatic heterocycles. The normalized spacial score (nSPS) is 11.3. The van der Waals surface area contributed by atoms with Crippen molar-refractivity contribution in [2.24, 2.45) is 0 Å². The topological polar surface area (TPSA) is 63.4 Å². The fourth-order valence-electron chi connectivity index (χ4n) is 2.02. The molecule has 2 aromatic rings. The van der Waals surface area contributed by atoms with Crippen molar-refractivity contribution in [3.63, 3.8) is 0 Å². The SMILES string of the molecule is CCc1ccc(N(C)S(=O)(=O)Cc2ccc(N)cc2)cc1. The van der Waals surface area contributed by atoms with Crippen LogP contribution in [0.25, 0.3) is 0 Å². The summed E-state index contributed by atoms with van der Waals surface area (Å²) in [5.41, 5.74) is 8.81. The Morgan fingerprint density at radius 1 is 0.952 bits per heavy atom. The van der Waals surface area contributed by atoms with Gasteiger partial charge >= 0.3 is 0 Å². The molecule has 2 aromatic carbocycles. The van der Waals surface area contributed by atoms with Crippen LogP contribution in [-0.4, -0.2) is 15.5 Å². The molecule has 5 heteroatoms. The molecule has 0 atom stereocenters. The lowest BCUT2D eigenvalue weighted by Gasteiger charge is -2.20. The maximum atomic E-state index is 12.4. The van der Waals surface area contributed by atoms with E-state index in [9.17, 15) is 8.42 Å². The van der Waals surface area contributed by atoms with E-state index in [1.165, 1.54) is 9.87 Å². The van der Waals surface area contributed by atoms with Crippen LogP contribution in [0.1, 0.15) is 18.1 Å². The van der Waals surface area contributed by atoms with Gasteiger partial charge in [-0.15, -0.1) is 0 Å². The van der Waals surface area contributed by atoms with Gasteiger partial charge in [0.15, 0.2) is 0 Å². The number of anilines is 2. The highest BCUT2D eigenvalue weighted by Crippen LogP contribution is 2.20. The zero-order chi connectivity index (χ0) is 15.5. The molecule has 4 nitrogen and oxygen atoms in total. The molecule has 0 aliphatic carbocycles. The van der Waals surface area contributed by atoms with Crippen LogP contribution in [-0.2, 0) is 22.2 Å². The average molecular weight is 304 g/mol. The van der Waals surface area contributed by atoms with E-state index in [0.717, 1.165) is 12.0 Å². The van der Waals surface area contributed by atoms with Gasteiger partial charge in [0, 0.05) is 12.7 Å². The van der Waals surface area contributed by atoms with Crippen molar-refractivity contribution < 1.29 is 8.42 Å². The third kappa shape index (κ3) is 3.76. The quantitative estimate of drug-likeness (QED) is 0.864. The Labute approximate surface area is 126 Å². The molecule has 0 unspecified atom stereocenters. The van der Waals surface area contributed by atoms with Crippen molar-refractivity contribution in [2.45, 2.75) is 19.1 Å². The minimum Gasteiger partial charge on any atom is -0.399 e. The largest absolute Gasteiger partial charge is 0.399 e. The molecule has 2 N–H and O–H groups in total. The number of benzene rings is 2. The van der Waals surface area contributed by atoms with Crippen LogP contribution in [0.15, 0.2) is 48.5 Å². The van der Waals surface area contributed by atoms with Gasteiger partial charge in [-0.2, -0.15) is 0 Å². The smallest absolute Gasteiger partial charge is 0.239 e. The maximum absolute atomic E-state index is 12.4. The number of nitrogen functional groups attached to an aromatic ring is 1. The molecular weight excluding hydrogens is 284 g/mol. The molecule has 0 saturated heterocycles. The third-order valence-electron chi connectivity index (χ3n) is 3.45. The van der Waals surface area contributed by atoms with Crippen molar-refractivity contribution in [1.29, 1.82) is 0 Å². The van der Waals surface area contributed by atoms with Gasteiger partial charge in [-0.05, 0) is 41.8 Å². The molecule has 21 heavy (non-hydrogen) atoms. The molecule has 0 saturated carbocycles. The molecule has 2 rings (SSSR count). The van der Waals surface area contributed by atoms with Crippen LogP contribution in [0.5, 0.6) is 0 Å². The highest BCUT2D eigenvalue weighted by Gasteiger charge is 2.19. The first-order chi connectivity index (χ1) is 9.92. The van der Waals surface area contributed by atoms with E-state index in [4.69, 9.17) is 5.73 Å². The number of hydrogen-bond donors (Lipinski definition) is 1. The van der Waals surface area contributed by atoms with Crippen molar-refractivity contribution in [2.75, 3.05) is 17.1 Å². The molecule has 0 amide bonds. The Kier molecular flexibility index (Phi) is 4.53. The molecule has 0 radical (unpaired) electrons. The van der Waals surface area contributed by atoms with Crippen LogP contribution in [0.4, 0.5) is 11.4 Å². The van der Waals surface area contributed by atoms with Gasteiger partial charge in [0.1, 0.15) is 0 Å². The molecule has 0 fully saturated rings. The lowest BCUT2D eigenvalue weighted by molar-refractivity contribution is 0.593. The molecule has 0 aliphatic rings. The second kappa shape index (κ2) is 6.18. The van der Waals surface area contributed by atoms with E-state index in [2.05, 4.69) is 6.92 Å². The van der Waals surface area contributed by atoms with E-state index >= 15 is 0 Å². The van der Waals surface area contributed by atoms with Gasteiger partial charge in [0.05, 0.1) is 11.4 Å². The summed E-state index contributed by atoms with van der Waals surface area (Å²) in [6.45, 7) is 2.07. The Morgan fingerprint density at radius 2 is 1.48 bits per heavy atom. The van der Waals surface area contributed by atoms with Gasteiger partial charge in [-0.25, -0.2) is 8.42 Å². The number of nitrogens with zero attached hydrogens (tertiary/aromatic N) is 1. The predicted octanol–water partition coefficient (Wildman–Crippen LogP) is 2.80. The van der Waals surface area contributed by atoms with Gasteiger partial charge in [-0.1, -0.05) is 31.2 Å². The lowest BCUT2D eigenvalue weighted by atomic mass is 10.1. The number of rotatable bonds is 5. The van der Waals surface area contributed by atoms with Crippen molar-refractivity contribution in [3.8, 4) is 0 Å². The van der Waals surface area contributed by atoms with E-state index in [1.807, 2.05) is 24.3 Å². The molecule has 0 bridgehead atoms. The first-order valence-electron chi connectivity index (χ1n) is 6.82. The van der Waals surface area contributed by atoms with E-state index < -0.39 is 10.0 Å². The van der Waals surface area contributed by atoms with E-state index in [0.29, 0.717) is 11.4 Å². The Hall–Kier alpha value is -2.01. The summed E-state index contributed by atoms with van der Waals surface area (Å²) in [5, 5.41) is 0. The Balaban J connectivity index is 2.19. The standard InChI is InChI=1S/C16H20N2O2S/c1-3-13-6-10-16(11-7-13)18(2)21(19,20)12-14-4-8-15(17)9-5-14/h4-11H,3,12,17H2,1-2H3. The van der Waals surface area contributed by atoms with Crippen molar-refractivity contribution in [1.82, 2.24) is 0 Å². The predicted molar refractivity (Wildman–Crippen MR) is 87.7 cm³/mol. The summed E-state index contributed by atoms with van der Waals surface area (Å²) in [5.74, 6) is -0.0424. The number of sulfonamides is 1. The van der Waals surface area contributed by atoms with Crippen LogP contribution in [0.2, 0.25) is 0 Å². The van der Waals surface area contributed by atoms with Gasteiger partial charge in [0.2, 0.25) is 10.0 Å². The Bertz CT molecular complexity index is 692. The minimum absolute atomic E-state index is 0.0424. The third-order valence-corrected chi connectivity index (χ3v) is 5.20. The van der Waals surface area contributed by atoms with Crippen LogP contribution < -0.4 is 10.0 Å². The zero-order valence-electron chi connectivity index (χ0n) is 12.3. The Morgan fingerprint density at radius 3 is 2.00 bits per heavy atom. The molecule has 0 aliphatic heterocycles. The fraction of sp³-hybridized carbons (Fsp3) is 0.250. The number of nitrogens with two attached hydrogens (primary N) is 1. The second-order valence-corrected chi connectivity index (χ2v) is 6.99. The van der Waals surface area contributed by atoms with Crippen LogP contribution in [0.3, 0.4) is 0 Å². The minimum atomic E-state index is -3.41. The monoisotopic (exact) mass is 304 g/mol. The van der Waals surface area contributed by atoms with E-state index in [1.54, 1.807) is 31.3 Å². The number of aryl methyl sites for hydroxylation is 1. The molecule has 112 valence electrons. The molecule has 0 spiro atoms. The summed E-state index contributed by atoms with van der Waals surface area (Å²) in [4.78, 5) is 0. The average Bonchev–Trinajstić information content (AvgIpc) is 2.49. The van der Waals surface area contributed by atoms with Gasteiger partial charge in [-0.3, -0.25) is 4.31 Å². The summed E-state index contributed by atoms with van der Waals surface area (Å²) in [7, 11) is -1.83.